The molecular weight excluding hydrogens is 310 g/mol. The van der Waals surface area contributed by atoms with Crippen molar-refractivity contribution >= 4 is 29.4 Å². The van der Waals surface area contributed by atoms with Gasteiger partial charge in [0.2, 0.25) is 5.91 Å². The fourth-order valence-electron chi connectivity index (χ4n) is 3.27. The molecule has 0 aromatic heterocycles. The number of hydrogen-bond acceptors (Lipinski definition) is 4. The Labute approximate surface area is 139 Å². The van der Waals surface area contributed by atoms with Crippen molar-refractivity contribution in [2.24, 2.45) is 0 Å². The molecule has 24 heavy (non-hydrogen) atoms. The Balaban J connectivity index is 1.79. The van der Waals surface area contributed by atoms with E-state index in [-0.39, 0.29) is 18.5 Å². The number of urea groups is 1. The average Bonchev–Trinajstić information content (AvgIpc) is 2.99. The number of nitrogens with zero attached hydrogens (tertiary/aromatic N) is 3. The van der Waals surface area contributed by atoms with Crippen molar-refractivity contribution < 1.29 is 19.2 Å². The van der Waals surface area contributed by atoms with Gasteiger partial charge in [0.1, 0.15) is 6.54 Å². The van der Waals surface area contributed by atoms with Gasteiger partial charge < -0.3 is 4.90 Å². The first-order valence-corrected chi connectivity index (χ1v) is 8.03. The number of rotatable bonds is 4. The molecule has 1 fully saturated rings. The molecule has 126 valence electrons. The van der Waals surface area contributed by atoms with Gasteiger partial charge in [-0.15, -0.1) is 0 Å². The van der Waals surface area contributed by atoms with Crippen molar-refractivity contribution in [2.75, 3.05) is 18.0 Å². The largest absolute Gasteiger partial charge is 0.334 e. The van der Waals surface area contributed by atoms with E-state index in [1.165, 1.54) is 0 Å². The molecule has 5 amide bonds. The van der Waals surface area contributed by atoms with Crippen LogP contribution in [-0.2, 0) is 20.8 Å². The molecule has 0 aliphatic carbocycles. The molecule has 0 spiro atoms. The van der Waals surface area contributed by atoms with Gasteiger partial charge >= 0.3 is 17.8 Å². The SMILES string of the molecule is CCCN1C(=O)C(=O)N(CC(=O)N2c3ccccc3C[C@@H]2C)C1=O. The van der Waals surface area contributed by atoms with E-state index in [4.69, 9.17) is 0 Å². The summed E-state index contributed by atoms with van der Waals surface area (Å²) in [6.45, 7) is 3.49. The van der Waals surface area contributed by atoms with Gasteiger partial charge in [-0.25, -0.2) is 9.69 Å². The van der Waals surface area contributed by atoms with Gasteiger partial charge in [0.05, 0.1) is 0 Å². The number of carbonyl (C=O) groups excluding carboxylic acids is 4. The van der Waals surface area contributed by atoms with Crippen LogP contribution in [0.3, 0.4) is 0 Å². The van der Waals surface area contributed by atoms with Gasteiger partial charge in [0, 0.05) is 18.3 Å². The minimum Gasteiger partial charge on any atom is -0.307 e. The summed E-state index contributed by atoms with van der Waals surface area (Å²) >= 11 is 0. The van der Waals surface area contributed by atoms with Crippen molar-refractivity contribution in [1.82, 2.24) is 9.80 Å². The van der Waals surface area contributed by atoms with E-state index in [9.17, 15) is 19.2 Å². The first-order chi connectivity index (χ1) is 11.5. The van der Waals surface area contributed by atoms with Crippen molar-refractivity contribution in [3.8, 4) is 0 Å². The lowest BCUT2D eigenvalue weighted by atomic mass is 10.1. The Bertz CT molecular complexity index is 730. The second-order valence-corrected chi connectivity index (χ2v) is 6.08. The molecule has 2 aliphatic heterocycles. The molecule has 0 unspecified atom stereocenters. The second kappa shape index (κ2) is 6.07. The van der Waals surface area contributed by atoms with Crippen LogP contribution in [0.1, 0.15) is 25.8 Å². The highest BCUT2D eigenvalue weighted by molar-refractivity contribution is 6.45. The Morgan fingerprint density at radius 3 is 2.50 bits per heavy atom. The van der Waals surface area contributed by atoms with Crippen molar-refractivity contribution in [2.45, 2.75) is 32.7 Å². The topological polar surface area (TPSA) is 78.0 Å². The predicted molar refractivity (Wildman–Crippen MR) is 86.2 cm³/mol. The first kappa shape index (κ1) is 16.2. The van der Waals surface area contributed by atoms with E-state index >= 15 is 0 Å². The zero-order valence-corrected chi connectivity index (χ0v) is 13.7. The standard InChI is InChI=1S/C17H19N3O4/c1-3-8-18-15(22)16(23)19(17(18)24)10-14(21)20-11(2)9-12-6-4-5-7-13(12)20/h4-7,11H,3,8-10H2,1-2H3/t11-/m0/s1. The van der Waals surface area contributed by atoms with Gasteiger partial charge in [0.25, 0.3) is 0 Å². The molecule has 3 rings (SSSR count). The highest BCUT2D eigenvalue weighted by Crippen LogP contribution is 2.32. The fourth-order valence-corrected chi connectivity index (χ4v) is 3.27. The summed E-state index contributed by atoms with van der Waals surface area (Å²) in [5.74, 6) is -2.15. The Kier molecular flexibility index (Phi) is 4.09. The van der Waals surface area contributed by atoms with Crippen LogP contribution in [-0.4, -0.2) is 52.7 Å². The van der Waals surface area contributed by atoms with Crippen LogP contribution >= 0.6 is 0 Å². The molecule has 1 aromatic carbocycles. The molecule has 1 atom stereocenters. The molecule has 7 heteroatoms. The van der Waals surface area contributed by atoms with Crippen LogP contribution < -0.4 is 4.90 Å². The number of fused-ring (bicyclic) bond motifs is 1. The van der Waals surface area contributed by atoms with E-state index in [2.05, 4.69) is 0 Å². The minimum atomic E-state index is -0.929. The van der Waals surface area contributed by atoms with Gasteiger partial charge in [-0.05, 0) is 31.4 Å². The van der Waals surface area contributed by atoms with Crippen LogP contribution in [0.2, 0.25) is 0 Å². The maximum Gasteiger partial charge on any atom is 0.334 e. The van der Waals surface area contributed by atoms with E-state index in [1.807, 2.05) is 38.1 Å². The highest BCUT2D eigenvalue weighted by Gasteiger charge is 2.45. The number of benzene rings is 1. The zero-order valence-electron chi connectivity index (χ0n) is 13.7. The third kappa shape index (κ3) is 2.46. The molecule has 2 heterocycles. The minimum absolute atomic E-state index is 0.0508. The predicted octanol–water partition coefficient (Wildman–Crippen LogP) is 1.16. The summed E-state index contributed by atoms with van der Waals surface area (Å²) in [7, 11) is 0. The summed E-state index contributed by atoms with van der Waals surface area (Å²) < 4.78 is 0. The Hall–Kier alpha value is -2.70. The highest BCUT2D eigenvalue weighted by atomic mass is 16.2. The average molecular weight is 329 g/mol. The summed E-state index contributed by atoms with van der Waals surface area (Å²) in [5, 5.41) is 0. The lowest BCUT2D eigenvalue weighted by molar-refractivity contribution is -0.143. The third-order valence-corrected chi connectivity index (χ3v) is 4.35. The van der Waals surface area contributed by atoms with Gasteiger partial charge in [-0.2, -0.15) is 0 Å². The summed E-state index contributed by atoms with van der Waals surface area (Å²) in [5.41, 5.74) is 1.85. The number of imide groups is 2. The Morgan fingerprint density at radius 1 is 1.12 bits per heavy atom. The summed E-state index contributed by atoms with van der Waals surface area (Å²) in [4.78, 5) is 52.1. The maximum absolute atomic E-state index is 12.7. The van der Waals surface area contributed by atoms with E-state index in [1.54, 1.807) is 4.90 Å². The molecule has 0 N–H and O–H groups in total. The van der Waals surface area contributed by atoms with Gasteiger partial charge in [-0.3, -0.25) is 19.3 Å². The normalized spacial score (nSPS) is 20.2. The van der Waals surface area contributed by atoms with Crippen LogP contribution in [0.15, 0.2) is 24.3 Å². The molecule has 0 saturated carbocycles. The van der Waals surface area contributed by atoms with Crippen LogP contribution in [0, 0.1) is 0 Å². The number of anilines is 1. The van der Waals surface area contributed by atoms with Gasteiger partial charge in [-0.1, -0.05) is 25.1 Å². The second-order valence-electron chi connectivity index (χ2n) is 6.08. The molecule has 0 bridgehead atoms. The summed E-state index contributed by atoms with van der Waals surface area (Å²) in [6, 6.07) is 6.80. The van der Waals surface area contributed by atoms with Crippen molar-refractivity contribution in [1.29, 1.82) is 0 Å². The van der Waals surface area contributed by atoms with Crippen molar-refractivity contribution in [3.63, 3.8) is 0 Å². The molecule has 1 saturated heterocycles. The van der Waals surface area contributed by atoms with E-state index in [0.29, 0.717) is 6.42 Å². The number of amides is 5. The third-order valence-electron chi connectivity index (χ3n) is 4.35. The molecular formula is C17H19N3O4. The summed E-state index contributed by atoms with van der Waals surface area (Å²) in [6.07, 6.45) is 1.29. The monoisotopic (exact) mass is 329 g/mol. The zero-order chi connectivity index (χ0) is 17.4. The van der Waals surface area contributed by atoms with Crippen LogP contribution in [0.4, 0.5) is 10.5 Å². The number of para-hydroxylation sites is 1. The van der Waals surface area contributed by atoms with Crippen LogP contribution in [0.5, 0.6) is 0 Å². The lowest BCUT2D eigenvalue weighted by Gasteiger charge is -2.24. The first-order valence-electron chi connectivity index (χ1n) is 8.03. The van der Waals surface area contributed by atoms with Crippen molar-refractivity contribution in [3.05, 3.63) is 29.8 Å². The van der Waals surface area contributed by atoms with E-state index < -0.39 is 24.4 Å². The van der Waals surface area contributed by atoms with E-state index in [0.717, 1.165) is 27.5 Å². The van der Waals surface area contributed by atoms with Crippen LogP contribution in [0.25, 0.3) is 0 Å². The fraction of sp³-hybridized carbons (Fsp3) is 0.412. The maximum atomic E-state index is 12.7. The number of hydrogen-bond donors (Lipinski definition) is 0. The molecule has 7 nitrogen and oxygen atoms in total. The lowest BCUT2D eigenvalue weighted by Crippen LogP contribution is -2.45. The number of carbonyl (C=O) groups is 4. The molecule has 2 aliphatic rings. The Morgan fingerprint density at radius 2 is 1.79 bits per heavy atom. The smallest absolute Gasteiger partial charge is 0.307 e. The quantitative estimate of drug-likeness (QED) is 0.613. The van der Waals surface area contributed by atoms with Gasteiger partial charge in [0.15, 0.2) is 0 Å². The molecule has 0 radical (unpaired) electrons. The molecule has 1 aromatic rings.